The Labute approximate surface area is 121 Å². The number of hydrogen-bond acceptors (Lipinski definition) is 3. The molecule has 2 rings (SSSR count). The summed E-state index contributed by atoms with van der Waals surface area (Å²) < 4.78 is 27.2. The van der Waals surface area contributed by atoms with Crippen LogP contribution in [0, 0.1) is 27.7 Å². The summed E-state index contributed by atoms with van der Waals surface area (Å²) in [5.41, 5.74) is 2.66. The highest BCUT2D eigenvalue weighted by atomic mass is 32.2. The lowest BCUT2D eigenvalue weighted by Crippen LogP contribution is -2.34. The maximum absolute atomic E-state index is 12.9. The van der Waals surface area contributed by atoms with Gasteiger partial charge in [-0.05, 0) is 63.3 Å². The van der Waals surface area contributed by atoms with Crippen molar-refractivity contribution in [2.75, 3.05) is 13.1 Å². The molecule has 1 N–H and O–H groups in total. The molecule has 0 radical (unpaired) electrons. The second kappa shape index (κ2) is 4.83. The van der Waals surface area contributed by atoms with Crippen LogP contribution < -0.4 is 0 Å². The molecule has 1 saturated heterocycles. The van der Waals surface area contributed by atoms with E-state index in [0.29, 0.717) is 17.9 Å². The summed E-state index contributed by atoms with van der Waals surface area (Å²) in [6.45, 7) is 9.79. The molecular weight excluding hydrogens is 274 g/mol. The lowest BCUT2D eigenvalue weighted by Gasteiger charge is -2.22. The first-order chi connectivity index (χ1) is 9.06. The first kappa shape index (κ1) is 15.5. The van der Waals surface area contributed by atoms with Crippen LogP contribution in [0.2, 0.25) is 0 Å². The first-order valence-corrected chi connectivity index (χ1v) is 8.30. The molecule has 1 unspecified atom stereocenters. The van der Waals surface area contributed by atoms with Crippen LogP contribution in [0.5, 0.6) is 0 Å². The van der Waals surface area contributed by atoms with Crippen LogP contribution in [0.25, 0.3) is 0 Å². The summed E-state index contributed by atoms with van der Waals surface area (Å²) in [7, 11) is -3.54. The van der Waals surface area contributed by atoms with Gasteiger partial charge < -0.3 is 5.11 Å². The van der Waals surface area contributed by atoms with Crippen LogP contribution in [-0.4, -0.2) is 36.5 Å². The zero-order valence-corrected chi connectivity index (χ0v) is 13.6. The van der Waals surface area contributed by atoms with Gasteiger partial charge in [-0.1, -0.05) is 6.07 Å². The number of β-amino-alcohol motifs (C(OH)–C–C–N with tert-alkyl or cyclic N) is 1. The minimum absolute atomic E-state index is 0.168. The third-order valence-electron chi connectivity index (χ3n) is 4.31. The lowest BCUT2D eigenvalue weighted by atomic mass is 10.0. The quantitative estimate of drug-likeness (QED) is 0.909. The Kier molecular flexibility index (Phi) is 3.73. The Bertz CT molecular complexity index is 621. The molecular formula is C15H23NO3S. The molecule has 112 valence electrons. The van der Waals surface area contributed by atoms with Crippen LogP contribution in [0.15, 0.2) is 11.0 Å². The van der Waals surface area contributed by atoms with Gasteiger partial charge in [0.05, 0.1) is 10.5 Å². The molecule has 5 heteroatoms. The van der Waals surface area contributed by atoms with Gasteiger partial charge in [-0.3, -0.25) is 0 Å². The number of aliphatic hydroxyl groups is 1. The molecule has 1 atom stereocenters. The zero-order chi connectivity index (χ0) is 15.3. The fraction of sp³-hybridized carbons (Fsp3) is 0.600. The van der Waals surface area contributed by atoms with E-state index in [1.807, 2.05) is 33.8 Å². The second-order valence-corrected chi connectivity index (χ2v) is 8.05. The van der Waals surface area contributed by atoms with E-state index >= 15 is 0 Å². The average molecular weight is 297 g/mol. The molecule has 1 aromatic carbocycles. The van der Waals surface area contributed by atoms with Crippen molar-refractivity contribution < 1.29 is 13.5 Å². The highest BCUT2D eigenvalue weighted by Gasteiger charge is 2.39. The summed E-state index contributed by atoms with van der Waals surface area (Å²) in [6.07, 6.45) is 0.481. The van der Waals surface area contributed by atoms with Crippen molar-refractivity contribution in [2.45, 2.75) is 51.5 Å². The Morgan fingerprint density at radius 3 is 2.05 bits per heavy atom. The molecule has 4 nitrogen and oxygen atoms in total. The third kappa shape index (κ3) is 2.50. The van der Waals surface area contributed by atoms with Gasteiger partial charge in [0.2, 0.25) is 10.0 Å². The fourth-order valence-corrected chi connectivity index (χ4v) is 4.94. The Morgan fingerprint density at radius 2 is 1.65 bits per heavy atom. The van der Waals surface area contributed by atoms with Gasteiger partial charge in [-0.15, -0.1) is 0 Å². The van der Waals surface area contributed by atoms with E-state index < -0.39 is 15.6 Å². The molecule has 1 aromatic rings. The first-order valence-electron chi connectivity index (χ1n) is 6.86. The number of nitrogens with zero attached hydrogens (tertiary/aromatic N) is 1. The van der Waals surface area contributed by atoms with Crippen LogP contribution in [0.1, 0.15) is 35.6 Å². The molecule has 0 spiro atoms. The lowest BCUT2D eigenvalue weighted by molar-refractivity contribution is 0.0762. The second-order valence-electron chi connectivity index (χ2n) is 6.18. The van der Waals surface area contributed by atoms with Crippen molar-refractivity contribution in [3.05, 3.63) is 28.3 Å². The van der Waals surface area contributed by atoms with Gasteiger partial charge in [0.25, 0.3) is 0 Å². The predicted octanol–water partition coefficient (Wildman–Crippen LogP) is 2.07. The molecule has 0 amide bonds. The van der Waals surface area contributed by atoms with Gasteiger partial charge in [-0.2, -0.15) is 4.31 Å². The molecule has 1 heterocycles. The Balaban J connectivity index is 2.57. The summed E-state index contributed by atoms with van der Waals surface area (Å²) >= 11 is 0. The van der Waals surface area contributed by atoms with Crippen molar-refractivity contribution in [3.8, 4) is 0 Å². The summed E-state index contributed by atoms with van der Waals surface area (Å²) in [6, 6.07) is 2.02. The highest BCUT2D eigenvalue weighted by Crippen LogP contribution is 2.32. The minimum atomic E-state index is -3.54. The fourth-order valence-electron chi connectivity index (χ4n) is 2.81. The smallest absolute Gasteiger partial charge is 0.243 e. The Hall–Kier alpha value is -0.910. The molecule has 0 bridgehead atoms. The molecule has 0 aromatic heterocycles. The zero-order valence-electron chi connectivity index (χ0n) is 12.8. The van der Waals surface area contributed by atoms with Gasteiger partial charge in [0.15, 0.2) is 0 Å². The molecule has 0 saturated carbocycles. The number of sulfonamides is 1. The Morgan fingerprint density at radius 1 is 1.15 bits per heavy atom. The van der Waals surface area contributed by atoms with Crippen LogP contribution in [0.4, 0.5) is 0 Å². The maximum Gasteiger partial charge on any atom is 0.243 e. The van der Waals surface area contributed by atoms with Crippen molar-refractivity contribution in [3.63, 3.8) is 0 Å². The summed E-state index contributed by atoms with van der Waals surface area (Å²) in [5.74, 6) is 0. The van der Waals surface area contributed by atoms with E-state index in [9.17, 15) is 13.5 Å². The monoisotopic (exact) mass is 297 g/mol. The summed E-state index contributed by atoms with van der Waals surface area (Å²) in [4.78, 5) is 0.410. The van der Waals surface area contributed by atoms with Gasteiger partial charge in [0.1, 0.15) is 0 Å². The van der Waals surface area contributed by atoms with Crippen molar-refractivity contribution >= 4 is 10.0 Å². The number of rotatable bonds is 2. The van der Waals surface area contributed by atoms with E-state index in [1.165, 1.54) is 4.31 Å². The summed E-state index contributed by atoms with van der Waals surface area (Å²) in [5, 5.41) is 10.0. The van der Waals surface area contributed by atoms with Crippen molar-refractivity contribution in [1.29, 1.82) is 0 Å². The molecule has 1 aliphatic heterocycles. The van der Waals surface area contributed by atoms with Gasteiger partial charge in [0, 0.05) is 13.1 Å². The van der Waals surface area contributed by atoms with E-state index in [2.05, 4.69) is 0 Å². The highest BCUT2D eigenvalue weighted by molar-refractivity contribution is 7.89. The number of hydrogen-bond donors (Lipinski definition) is 1. The number of benzene rings is 1. The number of aryl methyl sites for hydroxylation is 2. The van der Waals surface area contributed by atoms with E-state index in [-0.39, 0.29) is 6.54 Å². The molecule has 1 fully saturated rings. The molecule has 1 aliphatic rings. The third-order valence-corrected chi connectivity index (χ3v) is 6.43. The van der Waals surface area contributed by atoms with Crippen molar-refractivity contribution in [1.82, 2.24) is 4.31 Å². The largest absolute Gasteiger partial charge is 0.389 e. The van der Waals surface area contributed by atoms with Crippen molar-refractivity contribution in [2.24, 2.45) is 0 Å². The van der Waals surface area contributed by atoms with E-state index in [1.54, 1.807) is 6.92 Å². The van der Waals surface area contributed by atoms with Crippen LogP contribution >= 0.6 is 0 Å². The molecule has 0 aliphatic carbocycles. The van der Waals surface area contributed by atoms with Crippen LogP contribution in [-0.2, 0) is 10.0 Å². The topological polar surface area (TPSA) is 57.6 Å². The normalized spacial score (nSPS) is 24.3. The SMILES string of the molecule is Cc1cc(C)c(C)c(S(=O)(=O)N2CCC(C)(O)C2)c1C. The standard InChI is InChI=1S/C15H23NO3S/c1-10-8-11(2)13(4)14(12(10)3)20(18,19)16-7-6-15(5,17)9-16/h8,17H,6-7,9H2,1-5H3. The average Bonchev–Trinajstić information content (AvgIpc) is 2.68. The van der Waals surface area contributed by atoms with E-state index in [0.717, 1.165) is 22.3 Å². The van der Waals surface area contributed by atoms with Gasteiger partial charge in [-0.25, -0.2) is 8.42 Å². The van der Waals surface area contributed by atoms with Crippen LogP contribution in [0.3, 0.4) is 0 Å². The molecule has 20 heavy (non-hydrogen) atoms. The van der Waals surface area contributed by atoms with E-state index in [4.69, 9.17) is 0 Å². The van der Waals surface area contributed by atoms with Gasteiger partial charge >= 0.3 is 0 Å². The minimum Gasteiger partial charge on any atom is -0.389 e. The predicted molar refractivity (Wildman–Crippen MR) is 79.4 cm³/mol. The maximum atomic E-state index is 12.9.